The molecule has 0 bridgehead atoms. The number of likely N-dealkylation sites (tertiary alicyclic amines) is 1. The molecule has 0 unspecified atom stereocenters. The molecule has 2 aromatic carbocycles. The van der Waals surface area contributed by atoms with Crippen LogP contribution in [0.15, 0.2) is 42.5 Å². The Morgan fingerprint density at radius 2 is 1.77 bits per heavy atom. The summed E-state index contributed by atoms with van der Waals surface area (Å²) in [7, 11) is 0. The fourth-order valence-electron chi connectivity index (χ4n) is 3.61. The maximum Gasteiger partial charge on any atom is 0.410 e. The highest BCUT2D eigenvalue weighted by Gasteiger charge is 2.30. The quantitative estimate of drug-likeness (QED) is 0.654. The van der Waals surface area contributed by atoms with Gasteiger partial charge in [-0.15, -0.1) is 0 Å². The normalized spacial score (nSPS) is 15.2. The van der Waals surface area contributed by atoms with E-state index < -0.39 is 17.2 Å². The number of nitrogens with zero attached hydrogens (tertiary/aromatic N) is 2. The van der Waals surface area contributed by atoms with Crippen LogP contribution in [0.4, 0.5) is 23.7 Å². The van der Waals surface area contributed by atoms with Crippen molar-refractivity contribution in [3.63, 3.8) is 0 Å². The van der Waals surface area contributed by atoms with E-state index in [4.69, 9.17) is 4.74 Å². The molecule has 0 saturated carbocycles. The second-order valence-corrected chi connectivity index (χ2v) is 8.55. The zero-order valence-corrected chi connectivity index (χ0v) is 17.5. The van der Waals surface area contributed by atoms with Gasteiger partial charge in [0.05, 0.1) is 0 Å². The molecule has 1 heterocycles. The van der Waals surface area contributed by atoms with E-state index >= 15 is 0 Å². The summed E-state index contributed by atoms with van der Waals surface area (Å²) in [5, 5.41) is 0. The molecule has 7 heteroatoms. The Morgan fingerprint density at radius 3 is 2.37 bits per heavy atom. The number of carbonyl (C=O) groups is 1. The number of rotatable bonds is 4. The van der Waals surface area contributed by atoms with Gasteiger partial charge in [-0.1, -0.05) is 12.1 Å². The molecule has 0 radical (unpaired) electrons. The number of piperidine rings is 1. The maximum absolute atomic E-state index is 13.9. The predicted molar refractivity (Wildman–Crippen MR) is 110 cm³/mol. The smallest absolute Gasteiger partial charge is 0.410 e. The molecule has 0 spiro atoms. The Hall–Kier alpha value is -2.70. The lowest BCUT2D eigenvalue weighted by Crippen LogP contribution is -2.48. The van der Waals surface area contributed by atoms with Crippen molar-refractivity contribution in [3.05, 3.63) is 65.5 Å². The van der Waals surface area contributed by atoms with Crippen LogP contribution < -0.4 is 4.90 Å². The first-order valence-electron chi connectivity index (χ1n) is 10.1. The van der Waals surface area contributed by atoms with Gasteiger partial charge in [-0.2, -0.15) is 0 Å². The van der Waals surface area contributed by atoms with Crippen molar-refractivity contribution in [3.8, 4) is 0 Å². The average molecular weight is 420 g/mol. The Kier molecular flexibility index (Phi) is 6.58. The van der Waals surface area contributed by atoms with Crippen LogP contribution in [0, 0.1) is 17.5 Å². The molecule has 162 valence electrons. The van der Waals surface area contributed by atoms with Crippen molar-refractivity contribution in [1.82, 2.24) is 4.90 Å². The summed E-state index contributed by atoms with van der Waals surface area (Å²) in [5.41, 5.74) is 0.692. The number of carbonyl (C=O) groups excluding carboxylic acids is 1. The van der Waals surface area contributed by atoms with Gasteiger partial charge < -0.3 is 14.5 Å². The van der Waals surface area contributed by atoms with Crippen LogP contribution in [-0.2, 0) is 11.3 Å². The third-order valence-corrected chi connectivity index (χ3v) is 5.03. The maximum atomic E-state index is 13.9. The van der Waals surface area contributed by atoms with Crippen LogP contribution in [0.5, 0.6) is 0 Å². The molecule has 0 aliphatic carbocycles. The Morgan fingerprint density at radius 1 is 1.07 bits per heavy atom. The van der Waals surface area contributed by atoms with E-state index in [-0.39, 0.29) is 18.0 Å². The lowest BCUT2D eigenvalue weighted by atomic mass is 10.0. The lowest BCUT2D eigenvalue weighted by Gasteiger charge is -2.40. The van der Waals surface area contributed by atoms with Gasteiger partial charge in [0.1, 0.15) is 11.4 Å². The second-order valence-electron chi connectivity index (χ2n) is 8.55. The van der Waals surface area contributed by atoms with E-state index in [9.17, 15) is 18.0 Å². The Bertz CT molecular complexity index is 890. The van der Waals surface area contributed by atoms with Crippen LogP contribution in [0.1, 0.15) is 39.2 Å². The van der Waals surface area contributed by atoms with E-state index in [1.54, 1.807) is 17.0 Å². The molecular weight excluding hydrogens is 393 g/mol. The van der Waals surface area contributed by atoms with Crippen molar-refractivity contribution < 1.29 is 22.7 Å². The highest BCUT2D eigenvalue weighted by atomic mass is 19.2. The van der Waals surface area contributed by atoms with E-state index in [1.165, 1.54) is 18.2 Å². The van der Waals surface area contributed by atoms with Crippen molar-refractivity contribution in [2.75, 3.05) is 18.0 Å². The van der Waals surface area contributed by atoms with Crippen molar-refractivity contribution in [1.29, 1.82) is 0 Å². The summed E-state index contributed by atoms with van der Waals surface area (Å²) in [6, 6.07) is 10.0. The molecule has 1 fully saturated rings. The van der Waals surface area contributed by atoms with Crippen LogP contribution in [-0.4, -0.2) is 35.7 Å². The van der Waals surface area contributed by atoms with Gasteiger partial charge >= 0.3 is 6.09 Å². The van der Waals surface area contributed by atoms with E-state index in [1.807, 2.05) is 25.7 Å². The van der Waals surface area contributed by atoms with Crippen molar-refractivity contribution in [2.24, 2.45) is 0 Å². The number of hydrogen-bond acceptors (Lipinski definition) is 3. The van der Waals surface area contributed by atoms with Crippen LogP contribution in [0.2, 0.25) is 0 Å². The molecule has 1 aliphatic heterocycles. The molecule has 3 rings (SSSR count). The molecule has 0 atom stereocenters. The second kappa shape index (κ2) is 8.98. The summed E-state index contributed by atoms with van der Waals surface area (Å²) in [5.74, 6) is -2.18. The molecular formula is C23H27F3N2O2. The molecule has 1 amide bonds. The SMILES string of the molecule is CC(C)(C)OC(=O)N1CCC(N(Cc2ccc(F)c(F)c2)c2cccc(F)c2)CC1. The molecule has 2 aromatic rings. The molecule has 0 N–H and O–H groups in total. The summed E-state index contributed by atoms with van der Waals surface area (Å²) in [6.45, 7) is 6.78. The molecule has 1 saturated heterocycles. The number of ether oxygens (including phenoxy) is 1. The van der Waals surface area contributed by atoms with Crippen LogP contribution in [0.3, 0.4) is 0 Å². The lowest BCUT2D eigenvalue weighted by molar-refractivity contribution is 0.0204. The minimum atomic E-state index is -0.911. The van der Waals surface area contributed by atoms with Gasteiger partial charge in [0.2, 0.25) is 0 Å². The zero-order valence-electron chi connectivity index (χ0n) is 17.5. The van der Waals surface area contributed by atoms with Gasteiger partial charge in [0.25, 0.3) is 0 Å². The first-order valence-corrected chi connectivity index (χ1v) is 10.1. The Labute approximate surface area is 175 Å². The number of halogens is 3. The first kappa shape index (κ1) is 22.0. The van der Waals surface area contributed by atoms with Gasteiger partial charge in [0.15, 0.2) is 11.6 Å². The summed E-state index contributed by atoms with van der Waals surface area (Å²) >= 11 is 0. The number of anilines is 1. The topological polar surface area (TPSA) is 32.8 Å². The van der Waals surface area contributed by atoms with Gasteiger partial charge in [-0.25, -0.2) is 18.0 Å². The fourth-order valence-corrected chi connectivity index (χ4v) is 3.61. The van der Waals surface area contributed by atoms with E-state index in [0.717, 1.165) is 12.1 Å². The summed E-state index contributed by atoms with van der Waals surface area (Å²) < 4.78 is 46.3. The zero-order chi connectivity index (χ0) is 21.9. The van der Waals surface area contributed by atoms with Gasteiger partial charge in [-0.05, 0) is 69.5 Å². The van der Waals surface area contributed by atoms with Gasteiger partial charge in [0, 0.05) is 31.4 Å². The third-order valence-electron chi connectivity index (χ3n) is 5.03. The molecule has 1 aliphatic rings. The van der Waals surface area contributed by atoms with E-state index in [2.05, 4.69) is 0 Å². The van der Waals surface area contributed by atoms with Crippen LogP contribution >= 0.6 is 0 Å². The minimum Gasteiger partial charge on any atom is -0.444 e. The number of hydrogen-bond donors (Lipinski definition) is 0. The Balaban J connectivity index is 1.76. The fraction of sp³-hybridized carbons (Fsp3) is 0.435. The first-order chi connectivity index (χ1) is 14.1. The standard InChI is InChI=1S/C23H27F3N2O2/c1-23(2,3)30-22(29)27-11-9-18(10-12-27)28(19-6-4-5-17(24)14-19)15-16-7-8-20(25)21(26)13-16/h4-8,13-14,18H,9-12,15H2,1-3H3. The monoisotopic (exact) mass is 420 g/mol. The molecule has 4 nitrogen and oxygen atoms in total. The summed E-state index contributed by atoms with van der Waals surface area (Å²) in [6.07, 6.45) is 0.956. The third kappa shape index (κ3) is 5.68. The average Bonchev–Trinajstić information content (AvgIpc) is 2.67. The minimum absolute atomic E-state index is 0.0126. The summed E-state index contributed by atoms with van der Waals surface area (Å²) in [4.78, 5) is 16.0. The van der Waals surface area contributed by atoms with Crippen LogP contribution in [0.25, 0.3) is 0 Å². The highest BCUT2D eigenvalue weighted by Crippen LogP contribution is 2.27. The molecule has 30 heavy (non-hydrogen) atoms. The highest BCUT2D eigenvalue weighted by molar-refractivity contribution is 5.68. The predicted octanol–water partition coefficient (Wildman–Crippen LogP) is 5.51. The van der Waals surface area contributed by atoms with E-state index in [0.29, 0.717) is 43.7 Å². The molecule has 0 aromatic heterocycles. The van der Waals surface area contributed by atoms with Gasteiger partial charge in [-0.3, -0.25) is 0 Å². The number of benzene rings is 2. The largest absolute Gasteiger partial charge is 0.444 e. The van der Waals surface area contributed by atoms with Crippen molar-refractivity contribution in [2.45, 2.75) is 51.8 Å². The number of amides is 1. The van der Waals surface area contributed by atoms with Crippen molar-refractivity contribution >= 4 is 11.8 Å².